The Kier molecular flexibility index (Phi) is 7.28. The van der Waals surface area contributed by atoms with Gasteiger partial charge in [0, 0.05) is 16.6 Å². The second-order valence-electron chi connectivity index (χ2n) is 7.44. The van der Waals surface area contributed by atoms with E-state index in [1.54, 1.807) is 60.7 Å². The number of hydrogen-bond donors (Lipinski definition) is 3. The van der Waals surface area contributed by atoms with E-state index in [-0.39, 0.29) is 18.4 Å². The van der Waals surface area contributed by atoms with Crippen LogP contribution in [0.25, 0.3) is 11.1 Å². The van der Waals surface area contributed by atoms with Crippen molar-refractivity contribution in [1.82, 2.24) is 5.32 Å². The van der Waals surface area contributed by atoms with Gasteiger partial charge in [-0.3, -0.25) is 9.59 Å². The van der Waals surface area contributed by atoms with Crippen molar-refractivity contribution in [3.63, 3.8) is 0 Å². The Labute approximate surface area is 190 Å². The lowest BCUT2D eigenvalue weighted by Gasteiger charge is -2.19. The first kappa shape index (κ1) is 23.0. The summed E-state index contributed by atoms with van der Waals surface area (Å²) in [6.45, 7) is 1.83. The van der Waals surface area contributed by atoms with Gasteiger partial charge in [0.25, 0.3) is 5.91 Å². The number of carbonyl (C=O) groups is 3. The molecular weight excluding hydrogens is 430 g/mol. The Bertz CT molecular complexity index is 1170. The van der Waals surface area contributed by atoms with Crippen LogP contribution in [0.15, 0.2) is 66.7 Å². The van der Waals surface area contributed by atoms with Gasteiger partial charge in [-0.25, -0.2) is 4.79 Å². The van der Waals surface area contributed by atoms with Gasteiger partial charge in [-0.2, -0.15) is 0 Å². The van der Waals surface area contributed by atoms with Crippen molar-refractivity contribution in [3.8, 4) is 11.1 Å². The Morgan fingerprint density at radius 2 is 1.62 bits per heavy atom. The number of aliphatic carboxylic acids is 1. The largest absolute Gasteiger partial charge is 0.481 e. The molecule has 3 rings (SSSR count). The van der Waals surface area contributed by atoms with Crippen molar-refractivity contribution in [1.29, 1.82) is 0 Å². The van der Waals surface area contributed by atoms with Crippen LogP contribution in [0.4, 0.5) is 0 Å². The maximum atomic E-state index is 13.0. The fourth-order valence-electron chi connectivity index (χ4n) is 3.54. The molecule has 0 aliphatic heterocycles. The summed E-state index contributed by atoms with van der Waals surface area (Å²) in [6, 6.07) is 18.0. The summed E-state index contributed by atoms with van der Waals surface area (Å²) in [4.78, 5) is 35.9. The number of aromatic carboxylic acids is 1. The zero-order chi connectivity index (χ0) is 23.3. The second kappa shape index (κ2) is 10.1. The van der Waals surface area contributed by atoms with Gasteiger partial charge in [-0.1, -0.05) is 54.1 Å². The van der Waals surface area contributed by atoms with Gasteiger partial charge in [-0.05, 0) is 59.9 Å². The SMILES string of the molecule is Cc1ccc(C(=O)NC(CC(=O)O)Cc2ccccc2Cl)cc1-c1ccccc1C(=O)O. The van der Waals surface area contributed by atoms with Crippen LogP contribution in [0, 0.1) is 6.92 Å². The maximum absolute atomic E-state index is 13.0. The van der Waals surface area contributed by atoms with Crippen LogP contribution in [0.3, 0.4) is 0 Å². The van der Waals surface area contributed by atoms with Crippen LogP contribution < -0.4 is 5.32 Å². The average molecular weight is 452 g/mol. The minimum Gasteiger partial charge on any atom is -0.481 e. The molecule has 0 aromatic heterocycles. The van der Waals surface area contributed by atoms with Crippen LogP contribution in [0.1, 0.15) is 38.3 Å². The Morgan fingerprint density at radius 3 is 2.31 bits per heavy atom. The summed E-state index contributed by atoms with van der Waals surface area (Å²) in [5.41, 5.74) is 3.12. The number of rotatable bonds is 8. The van der Waals surface area contributed by atoms with Crippen molar-refractivity contribution in [2.75, 3.05) is 0 Å². The number of hydrogen-bond acceptors (Lipinski definition) is 3. The molecule has 6 nitrogen and oxygen atoms in total. The summed E-state index contributed by atoms with van der Waals surface area (Å²) >= 11 is 6.20. The predicted molar refractivity (Wildman–Crippen MR) is 122 cm³/mol. The van der Waals surface area contributed by atoms with E-state index in [1.807, 2.05) is 6.92 Å². The van der Waals surface area contributed by atoms with E-state index in [0.29, 0.717) is 21.7 Å². The highest BCUT2D eigenvalue weighted by Crippen LogP contribution is 2.28. The van der Waals surface area contributed by atoms with Gasteiger partial charge < -0.3 is 15.5 Å². The summed E-state index contributed by atoms with van der Waals surface area (Å²) < 4.78 is 0. The molecule has 3 aromatic carbocycles. The summed E-state index contributed by atoms with van der Waals surface area (Å²) in [7, 11) is 0. The Morgan fingerprint density at radius 1 is 0.938 bits per heavy atom. The van der Waals surface area contributed by atoms with Crippen molar-refractivity contribution >= 4 is 29.4 Å². The first-order valence-electron chi connectivity index (χ1n) is 9.95. The molecular formula is C25H22ClNO5. The average Bonchev–Trinajstić information content (AvgIpc) is 2.75. The standard InChI is InChI=1S/C25H22ClNO5/c1-15-10-11-17(13-21(15)19-7-3-4-8-20(19)25(31)32)24(30)27-18(14-23(28)29)12-16-6-2-5-9-22(16)26/h2-11,13,18H,12,14H2,1H3,(H,27,30)(H,28,29)(H,31,32). The van der Waals surface area contributed by atoms with E-state index >= 15 is 0 Å². The normalized spacial score (nSPS) is 11.6. The molecule has 1 unspecified atom stereocenters. The number of halogens is 1. The molecule has 0 fully saturated rings. The van der Waals surface area contributed by atoms with E-state index in [0.717, 1.165) is 11.1 Å². The van der Waals surface area contributed by atoms with E-state index < -0.39 is 23.9 Å². The first-order chi connectivity index (χ1) is 15.3. The highest BCUT2D eigenvalue weighted by atomic mass is 35.5. The van der Waals surface area contributed by atoms with Crippen LogP contribution >= 0.6 is 11.6 Å². The molecule has 0 saturated carbocycles. The molecule has 0 aliphatic rings. The molecule has 0 heterocycles. The van der Waals surface area contributed by atoms with Gasteiger partial charge in [0.05, 0.1) is 12.0 Å². The number of amides is 1. The van der Waals surface area contributed by atoms with Crippen molar-refractivity contribution < 1.29 is 24.6 Å². The van der Waals surface area contributed by atoms with E-state index in [1.165, 1.54) is 6.07 Å². The van der Waals surface area contributed by atoms with E-state index in [9.17, 15) is 24.6 Å². The predicted octanol–water partition coefficient (Wildman–Crippen LogP) is 4.83. The number of aryl methyl sites for hydroxylation is 1. The molecule has 164 valence electrons. The van der Waals surface area contributed by atoms with Crippen LogP contribution in [0.2, 0.25) is 5.02 Å². The smallest absolute Gasteiger partial charge is 0.336 e. The molecule has 0 saturated heterocycles. The summed E-state index contributed by atoms with van der Waals surface area (Å²) in [5, 5.41) is 22.1. The second-order valence-corrected chi connectivity index (χ2v) is 7.85. The molecule has 0 spiro atoms. The van der Waals surface area contributed by atoms with E-state index in [4.69, 9.17) is 11.6 Å². The van der Waals surface area contributed by atoms with E-state index in [2.05, 4.69) is 5.32 Å². The molecule has 32 heavy (non-hydrogen) atoms. The highest BCUT2D eigenvalue weighted by molar-refractivity contribution is 6.31. The minimum atomic E-state index is -1.06. The maximum Gasteiger partial charge on any atom is 0.336 e. The molecule has 1 amide bonds. The number of carboxylic acid groups (broad SMARTS) is 2. The number of carboxylic acids is 2. The summed E-state index contributed by atoms with van der Waals surface area (Å²) in [5.74, 6) is -2.55. The highest BCUT2D eigenvalue weighted by Gasteiger charge is 2.20. The zero-order valence-electron chi connectivity index (χ0n) is 17.3. The molecule has 3 N–H and O–H groups in total. The van der Waals surface area contributed by atoms with Crippen LogP contribution in [-0.4, -0.2) is 34.1 Å². The van der Waals surface area contributed by atoms with Gasteiger partial charge in [0.1, 0.15) is 0 Å². The third-order valence-electron chi connectivity index (χ3n) is 5.13. The fraction of sp³-hybridized carbons (Fsp3) is 0.160. The van der Waals surface area contributed by atoms with Gasteiger partial charge >= 0.3 is 11.9 Å². The van der Waals surface area contributed by atoms with Crippen molar-refractivity contribution in [2.45, 2.75) is 25.8 Å². The minimum absolute atomic E-state index is 0.135. The third kappa shape index (κ3) is 5.53. The monoisotopic (exact) mass is 451 g/mol. The molecule has 3 aromatic rings. The van der Waals surface area contributed by atoms with Gasteiger partial charge in [-0.15, -0.1) is 0 Å². The summed E-state index contributed by atoms with van der Waals surface area (Å²) in [6.07, 6.45) is -0.00416. The first-order valence-corrected chi connectivity index (χ1v) is 10.3. The lowest BCUT2D eigenvalue weighted by molar-refractivity contribution is -0.137. The lowest BCUT2D eigenvalue weighted by atomic mass is 9.94. The molecule has 1 atom stereocenters. The zero-order valence-corrected chi connectivity index (χ0v) is 18.1. The molecule has 0 bridgehead atoms. The van der Waals surface area contributed by atoms with Crippen molar-refractivity contribution in [2.24, 2.45) is 0 Å². The van der Waals surface area contributed by atoms with Gasteiger partial charge in [0.15, 0.2) is 0 Å². The molecule has 0 radical (unpaired) electrons. The number of benzene rings is 3. The topological polar surface area (TPSA) is 104 Å². The molecule has 0 aliphatic carbocycles. The third-order valence-corrected chi connectivity index (χ3v) is 5.50. The molecule has 7 heteroatoms. The Balaban J connectivity index is 1.89. The van der Waals surface area contributed by atoms with Crippen LogP contribution in [-0.2, 0) is 11.2 Å². The number of nitrogens with one attached hydrogen (secondary N) is 1. The lowest BCUT2D eigenvalue weighted by Crippen LogP contribution is -2.38. The number of carbonyl (C=O) groups excluding carboxylic acids is 1. The van der Waals surface area contributed by atoms with Crippen LogP contribution in [0.5, 0.6) is 0 Å². The fourth-order valence-corrected chi connectivity index (χ4v) is 3.75. The van der Waals surface area contributed by atoms with Gasteiger partial charge in [0.2, 0.25) is 0 Å². The quantitative estimate of drug-likeness (QED) is 0.455. The Hall–Kier alpha value is -3.64. The van der Waals surface area contributed by atoms with Crippen molar-refractivity contribution in [3.05, 3.63) is 94.0 Å².